The van der Waals surface area contributed by atoms with Gasteiger partial charge in [0.15, 0.2) is 0 Å². The normalized spacial score (nSPS) is 22.3. The van der Waals surface area contributed by atoms with Crippen LogP contribution in [0.2, 0.25) is 0 Å². The topological polar surface area (TPSA) is 29.1 Å². The maximum absolute atomic E-state index is 12.7. The summed E-state index contributed by atoms with van der Waals surface area (Å²) in [5.41, 5.74) is 2.42. The number of nitrogens with one attached hydrogen (secondary N) is 1. The summed E-state index contributed by atoms with van der Waals surface area (Å²) in [6.45, 7) is 8.64. The Bertz CT molecular complexity index is 516. The Morgan fingerprint density at radius 2 is 2.00 bits per heavy atom. The molecular formula is C19H27NO. The first-order chi connectivity index (χ1) is 9.90. The first kappa shape index (κ1) is 15.8. The van der Waals surface area contributed by atoms with Gasteiger partial charge in [0.25, 0.3) is 0 Å². The number of hydrogen-bond acceptors (Lipinski definition) is 2. The number of ketones is 1. The number of carbonyl (C=O) groups is 1. The number of anilines is 1. The fourth-order valence-corrected chi connectivity index (χ4v) is 3.53. The molecule has 0 heterocycles. The molecule has 21 heavy (non-hydrogen) atoms. The van der Waals surface area contributed by atoms with Crippen molar-refractivity contribution in [3.8, 4) is 0 Å². The molecule has 2 rings (SSSR count). The van der Waals surface area contributed by atoms with Crippen molar-refractivity contribution in [3.05, 3.63) is 42.0 Å². The van der Waals surface area contributed by atoms with Gasteiger partial charge in [0.05, 0.1) is 0 Å². The highest BCUT2D eigenvalue weighted by Gasteiger charge is 2.37. The highest BCUT2D eigenvalue weighted by Crippen LogP contribution is 2.42. The van der Waals surface area contributed by atoms with E-state index < -0.39 is 0 Å². The zero-order chi connectivity index (χ0) is 15.5. The molecule has 2 heteroatoms. The van der Waals surface area contributed by atoms with E-state index in [1.54, 1.807) is 0 Å². The predicted octanol–water partition coefficient (Wildman–Crippen LogP) is 4.83. The van der Waals surface area contributed by atoms with Crippen LogP contribution in [0.5, 0.6) is 0 Å². The lowest BCUT2D eigenvalue weighted by Gasteiger charge is -2.38. The summed E-state index contributed by atoms with van der Waals surface area (Å²) in [6, 6.07) is 10.3. The van der Waals surface area contributed by atoms with Gasteiger partial charge < -0.3 is 5.32 Å². The summed E-state index contributed by atoms with van der Waals surface area (Å²) >= 11 is 0. The van der Waals surface area contributed by atoms with Gasteiger partial charge in [0, 0.05) is 24.1 Å². The van der Waals surface area contributed by atoms with E-state index in [9.17, 15) is 4.79 Å². The van der Waals surface area contributed by atoms with Gasteiger partial charge >= 0.3 is 0 Å². The summed E-state index contributed by atoms with van der Waals surface area (Å²) in [5.74, 6) is 0.440. The molecule has 0 aromatic heterocycles. The van der Waals surface area contributed by atoms with Gasteiger partial charge in [-0.2, -0.15) is 0 Å². The average Bonchev–Trinajstić information content (AvgIpc) is 2.38. The van der Waals surface area contributed by atoms with Crippen molar-refractivity contribution in [2.45, 2.75) is 53.0 Å². The molecule has 1 aromatic carbocycles. The molecule has 114 valence electrons. The van der Waals surface area contributed by atoms with Crippen molar-refractivity contribution in [2.24, 2.45) is 11.3 Å². The van der Waals surface area contributed by atoms with Crippen LogP contribution in [0.3, 0.4) is 0 Å². The maximum Gasteiger partial charge on any atom is 0.142 e. The lowest BCUT2D eigenvalue weighted by Crippen LogP contribution is -2.36. The number of Topliss-reactive ketones (excluding diaryl/α,β-unsaturated/α-hetero) is 1. The van der Waals surface area contributed by atoms with E-state index in [1.165, 1.54) is 5.57 Å². The summed E-state index contributed by atoms with van der Waals surface area (Å²) < 4.78 is 0. The predicted molar refractivity (Wildman–Crippen MR) is 89.4 cm³/mol. The van der Waals surface area contributed by atoms with Gasteiger partial charge in [-0.15, -0.1) is 0 Å². The fourth-order valence-electron chi connectivity index (χ4n) is 3.53. The molecule has 0 saturated heterocycles. The monoisotopic (exact) mass is 285 g/mol. The van der Waals surface area contributed by atoms with Gasteiger partial charge in [-0.05, 0) is 44.2 Å². The summed E-state index contributed by atoms with van der Waals surface area (Å²) in [5, 5.41) is 3.41. The molecule has 1 aliphatic carbocycles. The first-order valence-electron chi connectivity index (χ1n) is 7.91. The Hall–Kier alpha value is -1.57. The standard InChI is InChI=1S/C19H27NO/c1-14-9-8-12-19(3,4)18(14)17(21)13-15(2)20-16-10-6-5-7-11-16/h5-7,9-11,15,18,20H,8,12-13H2,1-4H3. The van der Waals surface area contributed by atoms with Crippen molar-refractivity contribution in [2.75, 3.05) is 5.32 Å². The Labute approximate surface area is 128 Å². The van der Waals surface area contributed by atoms with Crippen molar-refractivity contribution < 1.29 is 4.79 Å². The summed E-state index contributed by atoms with van der Waals surface area (Å²) in [7, 11) is 0. The van der Waals surface area contributed by atoms with Crippen LogP contribution in [0.4, 0.5) is 5.69 Å². The van der Waals surface area contributed by atoms with Crippen LogP contribution >= 0.6 is 0 Å². The molecule has 2 atom stereocenters. The van der Waals surface area contributed by atoms with Crippen molar-refractivity contribution in [3.63, 3.8) is 0 Å². The van der Waals surface area contributed by atoms with Crippen LogP contribution < -0.4 is 5.32 Å². The molecule has 0 saturated carbocycles. The second-order valence-electron chi connectivity index (χ2n) is 6.99. The minimum Gasteiger partial charge on any atom is -0.382 e. The SMILES string of the molecule is CC1=CCCC(C)(C)C1C(=O)CC(C)Nc1ccccc1. The van der Waals surface area contributed by atoms with Gasteiger partial charge in [-0.25, -0.2) is 0 Å². The molecule has 0 aliphatic heterocycles. The van der Waals surface area contributed by atoms with E-state index in [1.807, 2.05) is 30.3 Å². The Balaban J connectivity index is 2.00. The van der Waals surface area contributed by atoms with Crippen LogP contribution in [0.15, 0.2) is 42.0 Å². The molecule has 2 unspecified atom stereocenters. The number of carbonyl (C=O) groups excluding carboxylic acids is 1. The molecule has 1 N–H and O–H groups in total. The number of para-hydroxylation sites is 1. The van der Waals surface area contributed by atoms with E-state index in [0.717, 1.165) is 18.5 Å². The van der Waals surface area contributed by atoms with Crippen LogP contribution in [-0.4, -0.2) is 11.8 Å². The molecule has 0 amide bonds. The summed E-state index contributed by atoms with van der Waals surface area (Å²) in [4.78, 5) is 12.7. The van der Waals surface area contributed by atoms with Gasteiger partial charge in [-0.1, -0.05) is 43.7 Å². The Morgan fingerprint density at radius 3 is 2.62 bits per heavy atom. The number of benzene rings is 1. The number of hydrogen-bond donors (Lipinski definition) is 1. The van der Waals surface area contributed by atoms with Crippen LogP contribution in [0, 0.1) is 11.3 Å². The third-order valence-corrected chi connectivity index (χ3v) is 4.51. The van der Waals surface area contributed by atoms with E-state index in [0.29, 0.717) is 12.2 Å². The largest absolute Gasteiger partial charge is 0.382 e. The molecule has 0 spiro atoms. The molecule has 1 aromatic rings. The van der Waals surface area contributed by atoms with Crippen molar-refractivity contribution in [1.82, 2.24) is 0 Å². The van der Waals surface area contributed by atoms with Crippen molar-refractivity contribution in [1.29, 1.82) is 0 Å². The van der Waals surface area contributed by atoms with Gasteiger partial charge in [-0.3, -0.25) is 4.79 Å². The quantitative estimate of drug-likeness (QED) is 0.785. The number of rotatable bonds is 5. The van der Waals surface area contributed by atoms with Crippen LogP contribution in [0.25, 0.3) is 0 Å². The fraction of sp³-hybridized carbons (Fsp3) is 0.526. The zero-order valence-corrected chi connectivity index (χ0v) is 13.6. The van der Waals surface area contributed by atoms with Crippen molar-refractivity contribution >= 4 is 11.5 Å². The average molecular weight is 285 g/mol. The van der Waals surface area contributed by atoms with Crippen LogP contribution in [-0.2, 0) is 4.79 Å². The number of allylic oxidation sites excluding steroid dienone is 2. The lowest BCUT2D eigenvalue weighted by molar-refractivity contribution is -0.125. The zero-order valence-electron chi connectivity index (χ0n) is 13.6. The highest BCUT2D eigenvalue weighted by atomic mass is 16.1. The molecule has 1 aliphatic rings. The van der Waals surface area contributed by atoms with Crippen LogP contribution in [0.1, 0.15) is 47.0 Å². The van der Waals surface area contributed by atoms with E-state index in [-0.39, 0.29) is 17.4 Å². The summed E-state index contributed by atoms with van der Waals surface area (Å²) in [6.07, 6.45) is 5.01. The first-order valence-corrected chi connectivity index (χ1v) is 7.91. The van der Waals surface area contributed by atoms with E-state index in [2.05, 4.69) is 39.1 Å². The second-order valence-corrected chi connectivity index (χ2v) is 6.99. The minimum absolute atomic E-state index is 0.0753. The Kier molecular flexibility index (Phi) is 4.87. The second kappa shape index (κ2) is 6.46. The molecule has 0 fully saturated rings. The molecular weight excluding hydrogens is 258 g/mol. The van der Waals surface area contributed by atoms with E-state index in [4.69, 9.17) is 0 Å². The molecule has 0 radical (unpaired) electrons. The van der Waals surface area contributed by atoms with Gasteiger partial charge in [0.2, 0.25) is 0 Å². The lowest BCUT2D eigenvalue weighted by atomic mass is 9.66. The maximum atomic E-state index is 12.7. The van der Waals surface area contributed by atoms with E-state index >= 15 is 0 Å². The molecule has 2 nitrogen and oxygen atoms in total. The highest BCUT2D eigenvalue weighted by molar-refractivity contribution is 5.85. The molecule has 0 bridgehead atoms. The minimum atomic E-state index is 0.0753. The third-order valence-electron chi connectivity index (χ3n) is 4.51. The third kappa shape index (κ3) is 3.96. The Morgan fingerprint density at radius 1 is 1.33 bits per heavy atom. The smallest absolute Gasteiger partial charge is 0.142 e. The van der Waals surface area contributed by atoms with Gasteiger partial charge in [0.1, 0.15) is 5.78 Å².